The highest BCUT2D eigenvalue weighted by Crippen LogP contribution is 2.21. The lowest BCUT2D eigenvalue weighted by Gasteiger charge is -2.34. The molecule has 0 aliphatic carbocycles. The standard InChI is InChI=1S/C16H25NO2/c1-12(2)14-8-6-13(7-9-14)11-17(5)16(3,4)10-15(18)19/h6-9,12H,10-11H2,1-5H3,(H,18,19). The summed E-state index contributed by atoms with van der Waals surface area (Å²) < 4.78 is 0. The van der Waals surface area contributed by atoms with E-state index in [0.717, 1.165) is 6.54 Å². The molecule has 0 unspecified atom stereocenters. The zero-order chi connectivity index (χ0) is 14.6. The molecule has 1 N–H and O–H groups in total. The highest BCUT2D eigenvalue weighted by atomic mass is 16.4. The highest BCUT2D eigenvalue weighted by molar-refractivity contribution is 5.68. The van der Waals surface area contributed by atoms with Crippen LogP contribution in [0.5, 0.6) is 0 Å². The Balaban J connectivity index is 2.71. The Hall–Kier alpha value is -1.35. The highest BCUT2D eigenvalue weighted by Gasteiger charge is 2.26. The topological polar surface area (TPSA) is 40.5 Å². The minimum absolute atomic E-state index is 0.146. The van der Waals surface area contributed by atoms with Gasteiger partial charge >= 0.3 is 5.97 Å². The molecular weight excluding hydrogens is 238 g/mol. The molecule has 0 radical (unpaired) electrons. The second-order valence-electron chi connectivity index (χ2n) is 6.14. The molecule has 0 saturated heterocycles. The predicted octanol–water partition coefficient (Wildman–Crippen LogP) is 3.50. The first-order valence-corrected chi connectivity index (χ1v) is 6.74. The maximum atomic E-state index is 10.9. The minimum atomic E-state index is -0.757. The van der Waals surface area contributed by atoms with Gasteiger partial charge in [-0.1, -0.05) is 38.1 Å². The Labute approximate surface area is 116 Å². The molecule has 106 valence electrons. The molecule has 19 heavy (non-hydrogen) atoms. The van der Waals surface area contributed by atoms with Crippen LogP contribution in [0.25, 0.3) is 0 Å². The number of carboxylic acid groups (broad SMARTS) is 1. The minimum Gasteiger partial charge on any atom is -0.481 e. The van der Waals surface area contributed by atoms with Gasteiger partial charge in [0.05, 0.1) is 6.42 Å². The SMILES string of the molecule is CC(C)c1ccc(CN(C)C(C)(C)CC(=O)O)cc1. The van der Waals surface area contributed by atoms with E-state index in [2.05, 4.69) is 43.0 Å². The van der Waals surface area contributed by atoms with Gasteiger partial charge < -0.3 is 5.11 Å². The predicted molar refractivity (Wildman–Crippen MR) is 78.3 cm³/mol. The number of hydrogen-bond acceptors (Lipinski definition) is 2. The Morgan fingerprint density at radius 2 is 1.79 bits per heavy atom. The average molecular weight is 263 g/mol. The monoisotopic (exact) mass is 263 g/mol. The zero-order valence-corrected chi connectivity index (χ0v) is 12.6. The van der Waals surface area contributed by atoms with Gasteiger partial charge in [-0.2, -0.15) is 0 Å². The summed E-state index contributed by atoms with van der Waals surface area (Å²) >= 11 is 0. The number of carbonyl (C=O) groups is 1. The lowest BCUT2D eigenvalue weighted by molar-refractivity contribution is -0.139. The van der Waals surface area contributed by atoms with E-state index < -0.39 is 5.97 Å². The molecule has 0 atom stereocenters. The number of aliphatic carboxylic acids is 1. The average Bonchev–Trinajstić information content (AvgIpc) is 2.27. The summed E-state index contributed by atoms with van der Waals surface area (Å²) in [6, 6.07) is 8.56. The van der Waals surface area contributed by atoms with Crippen molar-refractivity contribution in [1.82, 2.24) is 4.90 Å². The normalized spacial score (nSPS) is 12.2. The van der Waals surface area contributed by atoms with Crippen molar-refractivity contribution in [1.29, 1.82) is 0 Å². The van der Waals surface area contributed by atoms with E-state index in [4.69, 9.17) is 5.11 Å². The molecular formula is C16H25NO2. The zero-order valence-electron chi connectivity index (χ0n) is 12.6. The molecule has 0 heterocycles. The van der Waals surface area contributed by atoms with Crippen molar-refractivity contribution in [2.45, 2.75) is 52.1 Å². The van der Waals surface area contributed by atoms with Crippen LogP contribution in [0.3, 0.4) is 0 Å². The van der Waals surface area contributed by atoms with Crippen LogP contribution in [-0.4, -0.2) is 28.6 Å². The van der Waals surface area contributed by atoms with Crippen molar-refractivity contribution in [3.8, 4) is 0 Å². The van der Waals surface area contributed by atoms with Gasteiger partial charge in [0.1, 0.15) is 0 Å². The van der Waals surface area contributed by atoms with Gasteiger partial charge in [-0.15, -0.1) is 0 Å². The first-order valence-electron chi connectivity index (χ1n) is 6.74. The maximum absolute atomic E-state index is 10.9. The third-order valence-electron chi connectivity index (χ3n) is 3.68. The third-order valence-corrected chi connectivity index (χ3v) is 3.68. The molecule has 1 rings (SSSR count). The number of rotatable bonds is 6. The summed E-state index contributed by atoms with van der Waals surface area (Å²) in [5.74, 6) is -0.220. The molecule has 0 fully saturated rings. The molecule has 0 saturated carbocycles. The fourth-order valence-corrected chi connectivity index (χ4v) is 2.00. The van der Waals surface area contributed by atoms with Crippen molar-refractivity contribution >= 4 is 5.97 Å². The van der Waals surface area contributed by atoms with Crippen LogP contribution in [0.4, 0.5) is 0 Å². The second-order valence-corrected chi connectivity index (χ2v) is 6.14. The maximum Gasteiger partial charge on any atom is 0.305 e. The van der Waals surface area contributed by atoms with Gasteiger partial charge in [0.15, 0.2) is 0 Å². The lowest BCUT2D eigenvalue weighted by Crippen LogP contribution is -2.42. The lowest BCUT2D eigenvalue weighted by atomic mass is 9.97. The van der Waals surface area contributed by atoms with E-state index >= 15 is 0 Å². The van der Waals surface area contributed by atoms with E-state index in [9.17, 15) is 4.79 Å². The second kappa shape index (κ2) is 6.20. The summed E-state index contributed by atoms with van der Waals surface area (Å²) in [5.41, 5.74) is 2.20. The first kappa shape index (κ1) is 15.7. The van der Waals surface area contributed by atoms with Gasteiger partial charge in [0, 0.05) is 12.1 Å². The molecule has 0 amide bonds. The number of carboxylic acids is 1. The van der Waals surface area contributed by atoms with Gasteiger partial charge in [-0.25, -0.2) is 0 Å². The van der Waals surface area contributed by atoms with Gasteiger partial charge in [0.2, 0.25) is 0 Å². The molecule has 1 aromatic rings. The van der Waals surface area contributed by atoms with E-state index in [-0.39, 0.29) is 12.0 Å². The fraction of sp³-hybridized carbons (Fsp3) is 0.562. The largest absolute Gasteiger partial charge is 0.481 e. The van der Waals surface area contributed by atoms with Gasteiger partial charge in [-0.3, -0.25) is 9.69 Å². The summed E-state index contributed by atoms with van der Waals surface area (Å²) in [4.78, 5) is 13.0. The fourth-order valence-electron chi connectivity index (χ4n) is 2.00. The molecule has 0 aromatic heterocycles. The Kier molecular flexibility index (Phi) is 5.12. The van der Waals surface area contributed by atoms with Crippen LogP contribution in [0.1, 0.15) is 51.2 Å². The molecule has 3 heteroatoms. The number of hydrogen-bond donors (Lipinski definition) is 1. The van der Waals surface area contributed by atoms with Gasteiger partial charge in [-0.05, 0) is 37.9 Å². The van der Waals surface area contributed by atoms with Crippen LogP contribution in [0.15, 0.2) is 24.3 Å². The van der Waals surface area contributed by atoms with E-state index in [0.29, 0.717) is 5.92 Å². The van der Waals surface area contributed by atoms with Crippen molar-refractivity contribution in [3.63, 3.8) is 0 Å². The first-order chi connectivity index (χ1) is 8.72. The molecule has 0 aliphatic heterocycles. The van der Waals surface area contributed by atoms with Crippen LogP contribution < -0.4 is 0 Å². The van der Waals surface area contributed by atoms with Crippen molar-refractivity contribution in [3.05, 3.63) is 35.4 Å². The van der Waals surface area contributed by atoms with Crippen LogP contribution in [0, 0.1) is 0 Å². The van der Waals surface area contributed by atoms with E-state index in [1.54, 1.807) is 0 Å². The summed E-state index contributed by atoms with van der Waals surface area (Å²) in [5, 5.41) is 8.93. The van der Waals surface area contributed by atoms with Gasteiger partial charge in [0.25, 0.3) is 0 Å². The number of nitrogens with zero attached hydrogens (tertiary/aromatic N) is 1. The molecule has 0 spiro atoms. The van der Waals surface area contributed by atoms with Crippen LogP contribution >= 0.6 is 0 Å². The van der Waals surface area contributed by atoms with Crippen molar-refractivity contribution in [2.24, 2.45) is 0 Å². The third kappa shape index (κ3) is 4.67. The summed E-state index contributed by atoms with van der Waals surface area (Å²) in [7, 11) is 1.97. The van der Waals surface area contributed by atoms with Crippen LogP contribution in [-0.2, 0) is 11.3 Å². The Bertz CT molecular complexity index is 421. The Morgan fingerprint density at radius 1 is 1.26 bits per heavy atom. The van der Waals surface area contributed by atoms with E-state index in [1.807, 2.05) is 20.9 Å². The Morgan fingerprint density at radius 3 is 2.21 bits per heavy atom. The molecule has 3 nitrogen and oxygen atoms in total. The van der Waals surface area contributed by atoms with Crippen molar-refractivity contribution < 1.29 is 9.90 Å². The van der Waals surface area contributed by atoms with Crippen molar-refractivity contribution in [2.75, 3.05) is 7.05 Å². The smallest absolute Gasteiger partial charge is 0.305 e. The quantitative estimate of drug-likeness (QED) is 0.854. The summed E-state index contributed by atoms with van der Waals surface area (Å²) in [6.07, 6.45) is 0.146. The van der Waals surface area contributed by atoms with E-state index in [1.165, 1.54) is 11.1 Å². The van der Waals surface area contributed by atoms with Crippen LogP contribution in [0.2, 0.25) is 0 Å². The number of benzene rings is 1. The molecule has 1 aromatic carbocycles. The molecule has 0 aliphatic rings. The molecule has 0 bridgehead atoms. The summed E-state index contributed by atoms with van der Waals surface area (Å²) in [6.45, 7) is 9.04.